The first-order valence-electron chi connectivity index (χ1n) is 10.5. The predicted molar refractivity (Wildman–Crippen MR) is 123 cm³/mol. The second-order valence-corrected chi connectivity index (χ2v) is 9.31. The Balaban J connectivity index is 1.91. The average molecular weight is 455 g/mol. The van der Waals surface area contributed by atoms with Gasteiger partial charge in [0, 0.05) is 43.7 Å². The fraction of sp³-hybridized carbons (Fsp3) is 0.375. The van der Waals surface area contributed by atoms with Gasteiger partial charge in [0.1, 0.15) is 0 Å². The third kappa shape index (κ3) is 4.41. The zero-order valence-corrected chi connectivity index (χ0v) is 19.3. The number of rotatable bonds is 3. The van der Waals surface area contributed by atoms with Crippen LogP contribution >= 0.6 is 12.2 Å². The Hall–Kier alpha value is -3.13. The van der Waals surface area contributed by atoms with Crippen molar-refractivity contribution in [3.8, 4) is 17.2 Å². The molecule has 0 amide bonds. The van der Waals surface area contributed by atoms with Gasteiger partial charge in [0.25, 0.3) is 0 Å². The first kappa shape index (κ1) is 22.1. The molecule has 0 unspecified atom stereocenters. The molecule has 1 spiro atoms. The normalized spacial score (nSPS) is 23.2. The van der Waals surface area contributed by atoms with Gasteiger partial charge in [-0.2, -0.15) is 0 Å². The van der Waals surface area contributed by atoms with Gasteiger partial charge < -0.3 is 24.8 Å². The minimum absolute atomic E-state index is 0.0650. The molecule has 2 aliphatic heterocycles. The van der Waals surface area contributed by atoms with E-state index in [-0.39, 0.29) is 23.0 Å². The van der Waals surface area contributed by atoms with E-state index in [0.717, 1.165) is 11.1 Å². The molecule has 2 heterocycles. The zero-order chi connectivity index (χ0) is 23.1. The van der Waals surface area contributed by atoms with Gasteiger partial charge in [-0.25, -0.2) is 0 Å². The van der Waals surface area contributed by atoms with E-state index in [1.165, 1.54) is 13.8 Å². The number of hydrogen-bond acceptors (Lipinski definition) is 6. The van der Waals surface area contributed by atoms with Crippen LogP contribution in [0.25, 0.3) is 0 Å². The minimum Gasteiger partial charge on any atom is -0.464 e. The largest absolute Gasteiger partial charge is 0.464 e. The second-order valence-electron chi connectivity index (χ2n) is 8.90. The van der Waals surface area contributed by atoms with Crippen LogP contribution in [0.3, 0.4) is 0 Å². The maximum atomic E-state index is 11.9. The maximum absolute atomic E-state index is 11.9. The molecule has 1 saturated heterocycles. The van der Waals surface area contributed by atoms with Crippen LogP contribution in [-0.4, -0.2) is 28.3 Å². The Labute approximate surface area is 192 Å². The molecule has 32 heavy (non-hydrogen) atoms. The van der Waals surface area contributed by atoms with Crippen molar-refractivity contribution in [3.63, 3.8) is 0 Å². The molecule has 168 valence electrons. The van der Waals surface area contributed by atoms with Crippen LogP contribution in [0.1, 0.15) is 57.6 Å². The van der Waals surface area contributed by atoms with Gasteiger partial charge in [-0.15, -0.1) is 0 Å². The molecule has 0 saturated carbocycles. The molecule has 0 aliphatic carbocycles. The number of fused-ring (bicyclic) bond motifs is 1. The Morgan fingerprint density at radius 1 is 1.03 bits per heavy atom. The second kappa shape index (κ2) is 8.09. The van der Waals surface area contributed by atoms with Crippen LogP contribution in [0.4, 0.5) is 0 Å². The molecule has 2 atom stereocenters. The SMILES string of the molecule is CC(=O)Oc1ccc2c(c1OC(C)=O)O[C@@]1(C[C@@H]2c2ccccc2)CC(C)(C)NC(=S)N1. The number of ether oxygens (including phenoxy) is 3. The highest BCUT2D eigenvalue weighted by atomic mass is 32.1. The monoisotopic (exact) mass is 454 g/mol. The number of nitrogens with one attached hydrogen (secondary N) is 2. The lowest BCUT2D eigenvalue weighted by Crippen LogP contribution is -2.69. The first-order valence-corrected chi connectivity index (χ1v) is 10.9. The van der Waals surface area contributed by atoms with Crippen molar-refractivity contribution in [2.45, 2.75) is 57.7 Å². The molecular formula is C24H26N2O5S. The summed E-state index contributed by atoms with van der Waals surface area (Å²) >= 11 is 5.49. The third-order valence-corrected chi connectivity index (χ3v) is 5.74. The van der Waals surface area contributed by atoms with Gasteiger partial charge in [0.15, 0.2) is 22.3 Å². The number of thiocarbonyl (C=S) groups is 1. The summed E-state index contributed by atoms with van der Waals surface area (Å²) in [5, 5.41) is 7.08. The summed E-state index contributed by atoms with van der Waals surface area (Å²) < 4.78 is 17.4. The van der Waals surface area contributed by atoms with E-state index >= 15 is 0 Å². The van der Waals surface area contributed by atoms with Gasteiger partial charge in [-0.3, -0.25) is 9.59 Å². The highest BCUT2D eigenvalue weighted by Crippen LogP contribution is 2.53. The number of benzene rings is 2. The van der Waals surface area contributed by atoms with Crippen LogP contribution in [0.2, 0.25) is 0 Å². The highest BCUT2D eigenvalue weighted by molar-refractivity contribution is 7.80. The molecule has 2 aromatic rings. The summed E-state index contributed by atoms with van der Waals surface area (Å²) in [7, 11) is 0. The van der Waals surface area contributed by atoms with Crippen molar-refractivity contribution in [2.75, 3.05) is 0 Å². The third-order valence-electron chi connectivity index (χ3n) is 5.54. The van der Waals surface area contributed by atoms with Gasteiger partial charge in [-0.1, -0.05) is 36.4 Å². The number of carbonyl (C=O) groups is 2. The topological polar surface area (TPSA) is 85.9 Å². The van der Waals surface area contributed by atoms with E-state index in [1.807, 2.05) is 24.3 Å². The lowest BCUT2D eigenvalue weighted by Gasteiger charge is -2.50. The summed E-state index contributed by atoms with van der Waals surface area (Å²) in [6.07, 6.45) is 1.21. The molecule has 0 aromatic heterocycles. The Kier molecular flexibility index (Phi) is 5.58. The highest BCUT2D eigenvalue weighted by Gasteiger charge is 2.50. The quantitative estimate of drug-likeness (QED) is 0.412. The Morgan fingerprint density at radius 2 is 1.72 bits per heavy atom. The Bertz CT molecular complexity index is 1090. The van der Waals surface area contributed by atoms with E-state index in [0.29, 0.717) is 23.7 Å². The summed E-state index contributed by atoms with van der Waals surface area (Å²) in [4.78, 5) is 23.6. The zero-order valence-electron chi connectivity index (χ0n) is 18.5. The summed E-state index contributed by atoms with van der Waals surface area (Å²) in [5.41, 5.74) is 0.770. The number of hydrogen-bond donors (Lipinski definition) is 2. The fourth-order valence-corrected chi connectivity index (χ4v) is 5.07. The van der Waals surface area contributed by atoms with Crippen LogP contribution in [-0.2, 0) is 9.59 Å². The fourth-order valence-electron chi connectivity index (χ4n) is 4.61. The van der Waals surface area contributed by atoms with Crippen molar-refractivity contribution in [2.24, 2.45) is 0 Å². The molecule has 7 nitrogen and oxygen atoms in total. The predicted octanol–water partition coefficient (Wildman–Crippen LogP) is 3.79. The molecule has 4 rings (SSSR count). The lowest BCUT2D eigenvalue weighted by molar-refractivity contribution is -0.135. The van der Waals surface area contributed by atoms with Crippen molar-refractivity contribution < 1.29 is 23.8 Å². The Morgan fingerprint density at radius 3 is 2.34 bits per heavy atom. The van der Waals surface area contributed by atoms with Crippen LogP contribution < -0.4 is 24.8 Å². The van der Waals surface area contributed by atoms with Crippen LogP contribution in [0.5, 0.6) is 17.2 Å². The molecule has 2 aliphatic rings. The van der Waals surface area contributed by atoms with E-state index in [4.69, 9.17) is 26.4 Å². The van der Waals surface area contributed by atoms with E-state index in [2.05, 4.69) is 36.6 Å². The maximum Gasteiger partial charge on any atom is 0.308 e. The van der Waals surface area contributed by atoms with Gasteiger partial charge >= 0.3 is 11.9 Å². The van der Waals surface area contributed by atoms with E-state index in [1.54, 1.807) is 6.07 Å². The van der Waals surface area contributed by atoms with Crippen molar-refractivity contribution in [1.82, 2.24) is 10.6 Å². The summed E-state index contributed by atoms with van der Waals surface area (Å²) in [5.74, 6) is -0.538. The van der Waals surface area contributed by atoms with Gasteiger partial charge in [-0.05, 0) is 37.7 Å². The van der Waals surface area contributed by atoms with Crippen molar-refractivity contribution in [3.05, 3.63) is 53.6 Å². The summed E-state index contributed by atoms with van der Waals surface area (Å²) in [6.45, 7) is 6.70. The molecule has 1 fully saturated rings. The van der Waals surface area contributed by atoms with Crippen LogP contribution in [0.15, 0.2) is 42.5 Å². The molecule has 0 radical (unpaired) electrons. The molecule has 2 aromatic carbocycles. The van der Waals surface area contributed by atoms with Gasteiger partial charge in [0.05, 0.1) is 0 Å². The summed E-state index contributed by atoms with van der Waals surface area (Å²) in [6, 6.07) is 13.6. The van der Waals surface area contributed by atoms with Crippen molar-refractivity contribution in [1.29, 1.82) is 0 Å². The average Bonchev–Trinajstić information content (AvgIpc) is 2.67. The minimum atomic E-state index is -0.844. The van der Waals surface area contributed by atoms with Gasteiger partial charge in [0.2, 0.25) is 5.75 Å². The lowest BCUT2D eigenvalue weighted by atomic mass is 9.77. The van der Waals surface area contributed by atoms with Crippen molar-refractivity contribution >= 4 is 29.3 Å². The number of esters is 2. The first-order chi connectivity index (χ1) is 15.1. The molecule has 8 heteroatoms. The molecule has 0 bridgehead atoms. The van der Waals surface area contributed by atoms with E-state index in [9.17, 15) is 9.59 Å². The molecular weight excluding hydrogens is 428 g/mol. The van der Waals surface area contributed by atoms with Crippen LogP contribution in [0, 0.1) is 0 Å². The standard InChI is InChI=1S/C24H26N2O5S/c1-14(27)29-19-11-10-17-18(16-8-6-5-7-9-16)12-24(13-23(3,4)25-22(32)26-24)31-20(17)21(19)30-15(2)28/h5-11,18H,12-13H2,1-4H3,(H2,25,26,32)/t18-,24+/m1/s1. The number of carbonyl (C=O) groups excluding carboxylic acids is 2. The molecule has 2 N–H and O–H groups in total. The van der Waals surface area contributed by atoms with E-state index < -0.39 is 17.7 Å². The smallest absolute Gasteiger partial charge is 0.308 e.